The van der Waals surface area contributed by atoms with Crippen molar-refractivity contribution < 1.29 is 12.8 Å². The van der Waals surface area contributed by atoms with Crippen molar-refractivity contribution in [1.82, 2.24) is 14.4 Å². The van der Waals surface area contributed by atoms with Gasteiger partial charge in [0.05, 0.1) is 11.4 Å². The van der Waals surface area contributed by atoms with Gasteiger partial charge in [0.2, 0.25) is 15.8 Å². The lowest BCUT2D eigenvalue weighted by Gasteiger charge is -2.09. The van der Waals surface area contributed by atoms with Crippen LogP contribution in [0.15, 0.2) is 73.2 Å². The van der Waals surface area contributed by atoms with Crippen LogP contribution in [-0.2, 0) is 15.8 Å². The summed E-state index contributed by atoms with van der Waals surface area (Å²) in [6.07, 6.45) is 5.33. The first-order valence-electron chi connectivity index (χ1n) is 8.14. The van der Waals surface area contributed by atoms with Crippen LogP contribution < -0.4 is 4.72 Å². The molecular weight excluding hydrogens is 367 g/mol. The molecule has 2 aromatic heterocycles. The Kier molecular flexibility index (Phi) is 4.33. The number of anilines is 1. The van der Waals surface area contributed by atoms with E-state index in [9.17, 15) is 12.8 Å². The Labute approximate surface area is 155 Å². The van der Waals surface area contributed by atoms with Crippen LogP contribution in [0.2, 0.25) is 0 Å². The monoisotopic (exact) mass is 382 g/mol. The van der Waals surface area contributed by atoms with Crippen LogP contribution in [-0.4, -0.2) is 22.8 Å². The van der Waals surface area contributed by atoms with Gasteiger partial charge in [-0.1, -0.05) is 24.3 Å². The number of nitrogens with zero attached hydrogens (tertiary/aromatic N) is 3. The fourth-order valence-electron chi connectivity index (χ4n) is 2.73. The molecule has 0 radical (unpaired) electrons. The van der Waals surface area contributed by atoms with Crippen molar-refractivity contribution in [2.45, 2.75) is 5.75 Å². The summed E-state index contributed by atoms with van der Waals surface area (Å²) in [6.45, 7) is 0. The smallest absolute Gasteiger partial charge is 0.236 e. The second-order valence-electron chi connectivity index (χ2n) is 6.02. The summed E-state index contributed by atoms with van der Waals surface area (Å²) in [7, 11) is -3.63. The Morgan fingerprint density at radius 2 is 1.89 bits per heavy atom. The summed E-state index contributed by atoms with van der Waals surface area (Å²) in [5, 5.41) is 0. The highest BCUT2D eigenvalue weighted by molar-refractivity contribution is 7.91. The van der Waals surface area contributed by atoms with Gasteiger partial charge < -0.3 is 0 Å². The normalized spacial score (nSPS) is 11.6. The minimum absolute atomic E-state index is 0.240. The fraction of sp³-hybridized carbons (Fsp3) is 0.0526. The van der Waals surface area contributed by atoms with Crippen molar-refractivity contribution in [3.63, 3.8) is 0 Å². The molecule has 0 spiro atoms. The van der Waals surface area contributed by atoms with Gasteiger partial charge in [-0.2, -0.15) is 0 Å². The van der Waals surface area contributed by atoms with E-state index in [2.05, 4.69) is 14.7 Å². The number of imidazole rings is 1. The molecule has 6 nitrogen and oxygen atoms in total. The predicted octanol–water partition coefficient (Wildman–Crippen LogP) is 3.48. The lowest BCUT2D eigenvalue weighted by Crippen LogP contribution is -2.15. The molecule has 0 unspecified atom stereocenters. The molecule has 2 heterocycles. The van der Waals surface area contributed by atoms with Gasteiger partial charge in [-0.15, -0.1) is 0 Å². The zero-order valence-corrected chi connectivity index (χ0v) is 14.9. The van der Waals surface area contributed by atoms with Gasteiger partial charge in [0.1, 0.15) is 5.82 Å². The Hall–Kier alpha value is -3.26. The van der Waals surface area contributed by atoms with Gasteiger partial charge in [0.25, 0.3) is 0 Å². The Morgan fingerprint density at radius 3 is 2.67 bits per heavy atom. The van der Waals surface area contributed by atoms with Gasteiger partial charge in [0.15, 0.2) is 0 Å². The van der Waals surface area contributed by atoms with E-state index in [4.69, 9.17) is 0 Å². The first-order chi connectivity index (χ1) is 13.0. The van der Waals surface area contributed by atoms with Crippen molar-refractivity contribution in [2.75, 3.05) is 4.72 Å². The van der Waals surface area contributed by atoms with Crippen LogP contribution in [0, 0.1) is 5.82 Å². The second-order valence-corrected chi connectivity index (χ2v) is 7.74. The molecule has 0 saturated carbocycles. The number of rotatable bonds is 5. The first-order valence-corrected chi connectivity index (χ1v) is 9.79. The molecule has 0 amide bonds. The maximum atomic E-state index is 13.0. The van der Waals surface area contributed by atoms with Crippen molar-refractivity contribution >= 4 is 21.5 Å². The third kappa shape index (κ3) is 3.95. The van der Waals surface area contributed by atoms with E-state index in [1.807, 2.05) is 18.5 Å². The summed E-state index contributed by atoms with van der Waals surface area (Å²) in [5.74, 6) is -0.0796. The number of hydrogen-bond acceptors (Lipinski definition) is 4. The summed E-state index contributed by atoms with van der Waals surface area (Å²) in [4.78, 5) is 8.61. The Bertz CT molecular complexity index is 1170. The van der Waals surface area contributed by atoms with Crippen LogP contribution in [0.3, 0.4) is 0 Å². The van der Waals surface area contributed by atoms with Gasteiger partial charge >= 0.3 is 0 Å². The lowest BCUT2D eigenvalue weighted by atomic mass is 10.1. The number of nitrogens with one attached hydrogen (secondary N) is 1. The molecule has 4 aromatic rings. The summed E-state index contributed by atoms with van der Waals surface area (Å²) in [5.41, 5.74) is 2.39. The molecule has 0 aliphatic heterocycles. The van der Waals surface area contributed by atoms with Gasteiger partial charge in [-0.25, -0.2) is 22.8 Å². The standard InChI is InChI=1S/C19H15FN4O2S/c20-16-7-5-14(6-8-16)13-27(25,26)23-17-4-1-3-15(11-17)18-12-24-10-2-9-21-19(24)22-18/h1-12,23H,13H2. The van der Waals surface area contributed by atoms with Crippen LogP contribution >= 0.6 is 0 Å². The van der Waals surface area contributed by atoms with Gasteiger partial charge in [-0.3, -0.25) is 9.12 Å². The number of aromatic nitrogens is 3. The number of fused-ring (bicyclic) bond motifs is 1. The van der Waals surface area contributed by atoms with Gasteiger partial charge in [0, 0.05) is 29.8 Å². The van der Waals surface area contributed by atoms with E-state index in [0.29, 0.717) is 22.7 Å². The van der Waals surface area contributed by atoms with E-state index in [0.717, 1.165) is 5.56 Å². The van der Waals surface area contributed by atoms with E-state index >= 15 is 0 Å². The van der Waals surface area contributed by atoms with Crippen LogP contribution in [0.5, 0.6) is 0 Å². The molecule has 4 rings (SSSR count). The van der Waals surface area contributed by atoms with Crippen LogP contribution in [0.4, 0.5) is 10.1 Å². The topological polar surface area (TPSA) is 76.4 Å². The lowest BCUT2D eigenvalue weighted by molar-refractivity contribution is 0.600. The molecule has 0 bridgehead atoms. The Balaban J connectivity index is 1.57. The third-order valence-corrected chi connectivity index (χ3v) is 5.20. The molecule has 0 aliphatic carbocycles. The van der Waals surface area contributed by atoms with Crippen LogP contribution in [0.1, 0.15) is 5.56 Å². The van der Waals surface area contributed by atoms with E-state index in [-0.39, 0.29) is 5.75 Å². The SMILES string of the molecule is O=S(=O)(Cc1ccc(F)cc1)Nc1cccc(-c2cn3cccnc3n2)c1. The molecule has 0 saturated heterocycles. The maximum Gasteiger partial charge on any atom is 0.236 e. The molecule has 0 fully saturated rings. The Morgan fingerprint density at radius 1 is 1.07 bits per heavy atom. The molecule has 0 atom stereocenters. The van der Waals surface area contributed by atoms with E-state index in [1.54, 1.807) is 34.9 Å². The maximum absolute atomic E-state index is 13.0. The summed E-state index contributed by atoms with van der Waals surface area (Å²) in [6, 6.07) is 14.2. The van der Waals surface area contributed by atoms with Crippen molar-refractivity contribution in [3.05, 3.63) is 84.6 Å². The molecule has 1 N–H and O–H groups in total. The minimum atomic E-state index is -3.63. The van der Waals surface area contributed by atoms with Crippen molar-refractivity contribution in [3.8, 4) is 11.3 Å². The highest BCUT2D eigenvalue weighted by Crippen LogP contribution is 2.23. The number of hydrogen-bond donors (Lipinski definition) is 1. The molecular formula is C19H15FN4O2S. The van der Waals surface area contributed by atoms with Crippen molar-refractivity contribution in [1.29, 1.82) is 0 Å². The minimum Gasteiger partial charge on any atom is -0.291 e. The highest BCUT2D eigenvalue weighted by Gasteiger charge is 2.13. The predicted molar refractivity (Wildman–Crippen MR) is 101 cm³/mol. The largest absolute Gasteiger partial charge is 0.291 e. The zero-order valence-electron chi connectivity index (χ0n) is 14.1. The average molecular weight is 382 g/mol. The van der Waals surface area contributed by atoms with Gasteiger partial charge in [-0.05, 0) is 35.9 Å². The van der Waals surface area contributed by atoms with Crippen molar-refractivity contribution in [2.24, 2.45) is 0 Å². The molecule has 0 aliphatic rings. The summed E-state index contributed by atoms with van der Waals surface area (Å²) < 4.78 is 42.1. The fourth-order valence-corrected chi connectivity index (χ4v) is 3.92. The summed E-state index contributed by atoms with van der Waals surface area (Å²) >= 11 is 0. The average Bonchev–Trinajstić information content (AvgIpc) is 3.07. The quantitative estimate of drug-likeness (QED) is 0.573. The third-order valence-electron chi connectivity index (χ3n) is 3.94. The number of benzene rings is 2. The second kappa shape index (κ2) is 6.81. The number of halogens is 1. The first kappa shape index (κ1) is 17.2. The van der Waals surface area contributed by atoms with E-state index < -0.39 is 15.8 Å². The molecule has 8 heteroatoms. The van der Waals surface area contributed by atoms with Crippen LogP contribution in [0.25, 0.3) is 17.0 Å². The molecule has 136 valence electrons. The van der Waals surface area contributed by atoms with E-state index in [1.165, 1.54) is 24.3 Å². The zero-order chi connectivity index (χ0) is 18.9. The number of sulfonamides is 1. The molecule has 27 heavy (non-hydrogen) atoms. The molecule has 2 aromatic carbocycles. The highest BCUT2D eigenvalue weighted by atomic mass is 32.2.